The molecule has 2 bridgehead atoms. The second-order valence-electron chi connectivity index (χ2n) is 9.52. The van der Waals surface area contributed by atoms with E-state index in [1.54, 1.807) is 5.12 Å². The first-order valence-electron chi connectivity index (χ1n) is 11.4. The summed E-state index contributed by atoms with van der Waals surface area (Å²) in [6.07, 6.45) is 10.1. The van der Waals surface area contributed by atoms with Gasteiger partial charge >= 0.3 is 5.97 Å². The van der Waals surface area contributed by atoms with Crippen LogP contribution in [0.15, 0.2) is 59.5 Å². The zero-order chi connectivity index (χ0) is 22.3. The number of carboxylic acids is 1. The summed E-state index contributed by atoms with van der Waals surface area (Å²) in [6.45, 7) is 2.53. The molecule has 4 aliphatic heterocycles. The lowest BCUT2D eigenvalue weighted by molar-refractivity contribution is -1.10. The van der Waals surface area contributed by atoms with Crippen molar-refractivity contribution in [1.29, 1.82) is 0 Å². The van der Waals surface area contributed by atoms with Crippen LogP contribution in [0.25, 0.3) is 0 Å². The monoisotopic (exact) mass is 437 g/mol. The Morgan fingerprint density at radius 2 is 2.19 bits per heavy atom. The van der Waals surface area contributed by atoms with Crippen LogP contribution in [0.3, 0.4) is 0 Å². The van der Waals surface area contributed by atoms with Gasteiger partial charge in [-0.05, 0) is 36.8 Å². The van der Waals surface area contributed by atoms with Gasteiger partial charge in [0.25, 0.3) is 5.72 Å². The van der Waals surface area contributed by atoms with Crippen LogP contribution in [0.1, 0.15) is 56.1 Å². The van der Waals surface area contributed by atoms with Crippen molar-refractivity contribution in [2.75, 3.05) is 6.54 Å². The molecule has 0 radical (unpaired) electrons. The number of benzene rings is 1. The van der Waals surface area contributed by atoms with E-state index in [1.807, 2.05) is 30.3 Å². The Morgan fingerprint density at radius 3 is 2.97 bits per heavy atom. The number of carboxylic acid groups (broad SMARTS) is 1. The van der Waals surface area contributed by atoms with Crippen molar-refractivity contribution in [3.63, 3.8) is 0 Å². The highest BCUT2D eigenvalue weighted by Crippen LogP contribution is 2.70. The molecule has 0 amide bonds. The highest BCUT2D eigenvalue weighted by molar-refractivity contribution is 5.66. The van der Waals surface area contributed by atoms with Crippen LogP contribution in [0.5, 0.6) is 0 Å². The van der Waals surface area contributed by atoms with Crippen molar-refractivity contribution < 1.29 is 24.5 Å². The Balaban J connectivity index is 1.38. The summed E-state index contributed by atoms with van der Waals surface area (Å²) in [5.74, 6) is 5.63. The molecule has 8 heteroatoms. The molecular formula is C24H29N4O4+. The second-order valence-corrected chi connectivity index (χ2v) is 9.52. The van der Waals surface area contributed by atoms with Crippen LogP contribution >= 0.6 is 0 Å². The number of hydrogen-bond acceptors (Lipinski definition) is 6. The quantitative estimate of drug-likeness (QED) is 0.357. The zero-order valence-electron chi connectivity index (χ0n) is 18.2. The first kappa shape index (κ1) is 20.1. The van der Waals surface area contributed by atoms with E-state index in [0.29, 0.717) is 19.4 Å². The van der Waals surface area contributed by atoms with Crippen LogP contribution in [0.4, 0.5) is 0 Å². The second kappa shape index (κ2) is 6.52. The van der Waals surface area contributed by atoms with Crippen molar-refractivity contribution in [3.05, 3.63) is 70.6 Å². The molecule has 5 unspecified atom stereocenters. The van der Waals surface area contributed by atoms with Crippen LogP contribution in [0, 0.1) is 0 Å². The van der Waals surface area contributed by atoms with Crippen LogP contribution in [-0.4, -0.2) is 49.0 Å². The van der Waals surface area contributed by atoms with Crippen molar-refractivity contribution >= 4 is 5.97 Å². The molecule has 6 aliphatic rings. The number of aryl methyl sites for hydroxylation is 1. The topological polar surface area (TPSA) is 102 Å². The van der Waals surface area contributed by atoms with Crippen LogP contribution in [0.2, 0.25) is 0 Å². The number of fused-ring (bicyclic) bond motifs is 1. The highest BCUT2D eigenvalue weighted by Gasteiger charge is 2.91. The number of hydroxylamine groups is 1. The number of nitrogens with two attached hydrogens (primary N) is 1. The molecule has 0 saturated carbocycles. The van der Waals surface area contributed by atoms with Gasteiger partial charge < -0.3 is 10.2 Å². The van der Waals surface area contributed by atoms with Gasteiger partial charge in [-0.3, -0.25) is 4.79 Å². The molecular weight excluding hydrogens is 408 g/mol. The van der Waals surface area contributed by atoms with E-state index in [1.165, 1.54) is 11.1 Å². The van der Waals surface area contributed by atoms with Gasteiger partial charge in [0, 0.05) is 24.8 Å². The number of carbonyl (C=O) groups is 1. The fourth-order valence-electron chi connectivity index (χ4n) is 6.53. The van der Waals surface area contributed by atoms with Crippen molar-refractivity contribution in [3.8, 4) is 0 Å². The average Bonchev–Trinajstić information content (AvgIpc) is 3.41. The smallest absolute Gasteiger partial charge is 0.303 e. The third kappa shape index (κ3) is 2.26. The summed E-state index contributed by atoms with van der Waals surface area (Å²) >= 11 is 0. The number of allylic oxidation sites excluding steroid dienone is 3. The predicted octanol–water partition coefficient (Wildman–Crippen LogP) is 2.61. The maximum atomic E-state index is 12.3. The van der Waals surface area contributed by atoms with Gasteiger partial charge in [0.2, 0.25) is 5.70 Å². The predicted molar refractivity (Wildman–Crippen MR) is 115 cm³/mol. The van der Waals surface area contributed by atoms with Crippen molar-refractivity contribution in [1.82, 2.24) is 10.3 Å². The standard InChI is InChI=1S/C24H28N4O4/c1-16-22-24(27(32-24)28(16,26(22)25)15-7-13-21(29)30)20-12-4-5-14-23(20,31)19-11-6-9-17-8-2-3-10-18(17)19/h2-5,8,10,12,19,31H,6-7,9,11,13-15,25H2,1H3/p+1. The third-order valence-electron chi connectivity index (χ3n) is 8.01. The molecule has 4 heterocycles. The summed E-state index contributed by atoms with van der Waals surface area (Å²) < 4.78 is 0.182. The van der Waals surface area contributed by atoms with E-state index in [-0.39, 0.29) is 17.0 Å². The number of quaternary nitrogens is 1. The summed E-state index contributed by atoms with van der Waals surface area (Å²) in [5.41, 5.74) is 3.30. The van der Waals surface area contributed by atoms with Gasteiger partial charge in [-0.2, -0.15) is 5.84 Å². The Bertz CT molecular complexity index is 1110. The Labute approximate surface area is 186 Å². The normalized spacial score (nSPS) is 38.7. The SMILES string of the molecule is CC1=C2N(N)[N+]1(CCCC(=O)O)N1OC21C1=CC=CCC1(O)C1CCCc2ccccc21. The van der Waals surface area contributed by atoms with E-state index in [0.717, 1.165) is 36.2 Å². The molecule has 1 aromatic rings. The number of rotatable bonds is 6. The molecule has 0 aromatic heterocycles. The minimum absolute atomic E-state index is 0.0236. The van der Waals surface area contributed by atoms with Gasteiger partial charge in [0.15, 0.2) is 5.70 Å². The summed E-state index contributed by atoms with van der Waals surface area (Å²) in [4.78, 5) is 17.3. The van der Waals surface area contributed by atoms with E-state index in [9.17, 15) is 9.90 Å². The van der Waals surface area contributed by atoms with Crippen molar-refractivity contribution in [2.24, 2.45) is 5.84 Å². The Hall–Kier alpha value is -2.49. The number of aliphatic hydroxyl groups is 1. The molecule has 4 N–H and O–H groups in total. The lowest BCUT2D eigenvalue weighted by Crippen LogP contribution is -2.67. The zero-order valence-corrected chi connectivity index (χ0v) is 18.2. The maximum Gasteiger partial charge on any atom is 0.303 e. The Kier molecular flexibility index (Phi) is 4.11. The largest absolute Gasteiger partial charge is 0.481 e. The number of hydrazine groups is 1. The van der Waals surface area contributed by atoms with Gasteiger partial charge in [-0.1, -0.05) is 47.2 Å². The van der Waals surface area contributed by atoms with Crippen molar-refractivity contribution in [2.45, 2.75) is 62.7 Å². The van der Waals surface area contributed by atoms with Crippen LogP contribution in [-0.2, 0) is 16.1 Å². The van der Waals surface area contributed by atoms with Gasteiger partial charge in [0.05, 0.1) is 11.6 Å². The fraction of sp³-hybridized carbons (Fsp3) is 0.458. The number of aliphatic carboxylic acids is 1. The van der Waals surface area contributed by atoms with E-state index < -0.39 is 17.3 Å². The van der Waals surface area contributed by atoms with E-state index >= 15 is 0 Å². The van der Waals surface area contributed by atoms with Gasteiger partial charge in [-0.25, -0.2) is 4.84 Å². The first-order chi connectivity index (χ1) is 15.4. The molecule has 8 nitrogen and oxygen atoms in total. The molecule has 168 valence electrons. The molecule has 2 fully saturated rings. The van der Waals surface area contributed by atoms with Crippen LogP contribution < -0.4 is 5.84 Å². The summed E-state index contributed by atoms with van der Waals surface area (Å²) in [7, 11) is 0. The molecule has 5 atom stereocenters. The average molecular weight is 438 g/mol. The van der Waals surface area contributed by atoms with E-state index in [2.05, 4.69) is 24.3 Å². The molecule has 2 aliphatic carbocycles. The minimum atomic E-state index is -1.09. The van der Waals surface area contributed by atoms with Gasteiger partial charge in [-0.15, -0.1) is 5.12 Å². The summed E-state index contributed by atoms with van der Waals surface area (Å²) in [6, 6.07) is 8.43. The fourth-order valence-corrected chi connectivity index (χ4v) is 6.53. The highest BCUT2D eigenvalue weighted by atomic mass is 16.9. The minimum Gasteiger partial charge on any atom is -0.481 e. The lowest BCUT2D eigenvalue weighted by Gasteiger charge is -2.45. The molecule has 7 rings (SSSR count). The molecule has 32 heavy (non-hydrogen) atoms. The van der Waals surface area contributed by atoms with E-state index in [4.69, 9.17) is 15.8 Å². The number of nitrogens with zero attached hydrogens (tertiary/aromatic N) is 3. The molecule has 0 spiro atoms. The molecule has 2 saturated heterocycles. The maximum absolute atomic E-state index is 12.3. The summed E-state index contributed by atoms with van der Waals surface area (Å²) in [5, 5.41) is 24.9. The number of hydrogen-bond donors (Lipinski definition) is 3. The molecule has 1 aromatic carbocycles. The van der Waals surface area contributed by atoms with Gasteiger partial charge in [0.1, 0.15) is 12.1 Å². The Morgan fingerprint density at radius 1 is 1.38 bits per heavy atom. The first-order valence-corrected chi connectivity index (χ1v) is 11.4. The lowest BCUT2D eigenvalue weighted by atomic mass is 9.65. The third-order valence-corrected chi connectivity index (χ3v) is 8.01.